The molecule has 0 fully saturated rings. The normalized spacial score (nSPS) is 10.3. The molecule has 0 spiro atoms. The van der Waals surface area contributed by atoms with Crippen LogP contribution in [0.3, 0.4) is 0 Å². The van der Waals surface area contributed by atoms with Gasteiger partial charge in [-0.15, -0.1) is 0 Å². The third-order valence-electron chi connectivity index (χ3n) is 2.48. The van der Waals surface area contributed by atoms with E-state index in [1.165, 1.54) is 6.07 Å². The maximum Gasteiger partial charge on any atom is 0.221 e. The molecule has 0 radical (unpaired) electrons. The second-order valence-corrected chi connectivity index (χ2v) is 4.57. The number of nitriles is 1. The average molecular weight is 263 g/mol. The summed E-state index contributed by atoms with van der Waals surface area (Å²) in [6.07, 6.45) is 0.357. The van der Waals surface area contributed by atoms with Gasteiger partial charge < -0.3 is 10.6 Å². The first-order valence-corrected chi connectivity index (χ1v) is 6.21. The fraction of sp³-hybridized carbons (Fsp3) is 0.429. The van der Waals surface area contributed by atoms with Crippen LogP contribution in [0.2, 0.25) is 0 Å². The van der Waals surface area contributed by atoms with Crippen molar-refractivity contribution in [2.45, 2.75) is 32.9 Å². The summed E-state index contributed by atoms with van der Waals surface area (Å²) in [5.74, 6) is -0.430. The molecule has 0 atom stereocenters. The predicted octanol–water partition coefficient (Wildman–Crippen LogP) is 1.70. The molecular formula is C14H18FN3O. The van der Waals surface area contributed by atoms with Crippen LogP contribution in [0.25, 0.3) is 0 Å². The second-order valence-electron chi connectivity index (χ2n) is 4.57. The zero-order valence-corrected chi connectivity index (χ0v) is 11.2. The Morgan fingerprint density at radius 2 is 2.21 bits per heavy atom. The molecule has 102 valence electrons. The average Bonchev–Trinajstić information content (AvgIpc) is 2.35. The van der Waals surface area contributed by atoms with E-state index in [0.29, 0.717) is 30.6 Å². The smallest absolute Gasteiger partial charge is 0.221 e. The second kappa shape index (κ2) is 7.49. The van der Waals surface area contributed by atoms with Crippen molar-refractivity contribution in [2.24, 2.45) is 0 Å². The minimum Gasteiger partial charge on any atom is -0.354 e. The van der Waals surface area contributed by atoms with Crippen molar-refractivity contribution in [1.29, 1.82) is 5.26 Å². The van der Waals surface area contributed by atoms with E-state index >= 15 is 0 Å². The Bertz CT molecular complexity index is 480. The molecule has 0 bridgehead atoms. The van der Waals surface area contributed by atoms with E-state index in [2.05, 4.69) is 10.6 Å². The lowest BCUT2D eigenvalue weighted by molar-refractivity contribution is -0.121. The monoisotopic (exact) mass is 263 g/mol. The molecule has 5 heteroatoms. The minimum absolute atomic E-state index is 0.0252. The van der Waals surface area contributed by atoms with E-state index < -0.39 is 5.82 Å². The summed E-state index contributed by atoms with van der Waals surface area (Å²) in [4.78, 5) is 11.4. The molecule has 0 saturated heterocycles. The van der Waals surface area contributed by atoms with E-state index in [1.54, 1.807) is 12.1 Å². The number of hydrogen-bond acceptors (Lipinski definition) is 3. The molecule has 1 aromatic carbocycles. The predicted molar refractivity (Wildman–Crippen MR) is 70.7 cm³/mol. The van der Waals surface area contributed by atoms with Crippen molar-refractivity contribution in [2.75, 3.05) is 6.54 Å². The Morgan fingerprint density at radius 3 is 2.79 bits per heavy atom. The van der Waals surface area contributed by atoms with Crippen LogP contribution in [0.15, 0.2) is 18.2 Å². The van der Waals surface area contributed by atoms with Crippen LogP contribution in [-0.4, -0.2) is 18.5 Å². The van der Waals surface area contributed by atoms with Crippen molar-refractivity contribution < 1.29 is 9.18 Å². The third-order valence-corrected chi connectivity index (χ3v) is 2.48. The van der Waals surface area contributed by atoms with E-state index in [0.717, 1.165) is 0 Å². The first-order chi connectivity index (χ1) is 9.02. The molecule has 4 nitrogen and oxygen atoms in total. The number of carbonyl (C=O) groups excluding carboxylic acids is 1. The molecule has 0 aliphatic carbocycles. The summed E-state index contributed by atoms with van der Waals surface area (Å²) in [7, 11) is 0. The van der Waals surface area contributed by atoms with Crippen LogP contribution < -0.4 is 10.6 Å². The number of benzene rings is 1. The highest BCUT2D eigenvalue weighted by Crippen LogP contribution is 2.09. The number of amides is 1. The highest BCUT2D eigenvalue weighted by molar-refractivity contribution is 5.76. The summed E-state index contributed by atoms with van der Waals surface area (Å²) in [5, 5.41) is 14.4. The Hall–Kier alpha value is -1.93. The Balaban J connectivity index is 2.34. The summed E-state index contributed by atoms with van der Waals surface area (Å²) in [5.41, 5.74) is 0.792. The van der Waals surface area contributed by atoms with Gasteiger partial charge in [0.2, 0.25) is 5.91 Å². The summed E-state index contributed by atoms with van der Waals surface area (Å²) in [6, 6.07) is 6.37. The van der Waals surface area contributed by atoms with Gasteiger partial charge in [0, 0.05) is 31.1 Å². The van der Waals surface area contributed by atoms with Gasteiger partial charge in [-0.3, -0.25) is 4.79 Å². The number of carbonyl (C=O) groups is 1. The quantitative estimate of drug-likeness (QED) is 0.768. The molecule has 1 aromatic rings. The van der Waals surface area contributed by atoms with Crippen molar-refractivity contribution in [3.63, 3.8) is 0 Å². The molecule has 1 rings (SSSR count). The van der Waals surface area contributed by atoms with Crippen LogP contribution in [-0.2, 0) is 11.3 Å². The molecule has 0 unspecified atom stereocenters. The summed E-state index contributed by atoms with van der Waals surface area (Å²) < 4.78 is 13.5. The molecule has 0 heterocycles. The zero-order valence-electron chi connectivity index (χ0n) is 11.2. The molecule has 0 aliphatic rings. The van der Waals surface area contributed by atoms with Crippen LogP contribution in [0.4, 0.5) is 4.39 Å². The van der Waals surface area contributed by atoms with Gasteiger partial charge in [0.1, 0.15) is 5.82 Å². The van der Waals surface area contributed by atoms with Gasteiger partial charge in [0.15, 0.2) is 0 Å². The minimum atomic E-state index is -0.404. The fourth-order valence-corrected chi connectivity index (χ4v) is 1.58. The fourth-order valence-electron chi connectivity index (χ4n) is 1.58. The largest absolute Gasteiger partial charge is 0.354 e. The third kappa shape index (κ3) is 5.49. The van der Waals surface area contributed by atoms with Gasteiger partial charge in [-0.2, -0.15) is 5.26 Å². The number of nitrogens with one attached hydrogen (secondary N) is 2. The van der Waals surface area contributed by atoms with Gasteiger partial charge in [-0.1, -0.05) is 6.07 Å². The van der Waals surface area contributed by atoms with E-state index in [9.17, 15) is 9.18 Å². The van der Waals surface area contributed by atoms with Crippen molar-refractivity contribution in [3.8, 4) is 6.07 Å². The molecule has 2 N–H and O–H groups in total. The zero-order chi connectivity index (χ0) is 14.3. The van der Waals surface area contributed by atoms with Gasteiger partial charge >= 0.3 is 0 Å². The Morgan fingerprint density at radius 1 is 1.47 bits per heavy atom. The first-order valence-electron chi connectivity index (χ1n) is 6.21. The van der Waals surface area contributed by atoms with Gasteiger partial charge in [0.05, 0.1) is 11.6 Å². The Kier molecular flexibility index (Phi) is 5.97. The standard InChI is InChI=1S/C14H18FN3O/c1-10(2)18-14(19)5-6-17-9-12-4-3-11(8-16)7-13(12)15/h3-4,7,10,17H,5-6,9H2,1-2H3,(H,18,19). The summed E-state index contributed by atoms with van der Waals surface area (Å²) in [6.45, 7) is 4.62. The molecular weight excluding hydrogens is 245 g/mol. The molecule has 0 saturated carbocycles. The highest BCUT2D eigenvalue weighted by atomic mass is 19.1. The van der Waals surface area contributed by atoms with E-state index in [4.69, 9.17) is 5.26 Å². The number of hydrogen-bond donors (Lipinski definition) is 2. The van der Waals surface area contributed by atoms with Crippen LogP contribution >= 0.6 is 0 Å². The van der Waals surface area contributed by atoms with E-state index in [1.807, 2.05) is 19.9 Å². The van der Waals surface area contributed by atoms with Crippen LogP contribution in [0.5, 0.6) is 0 Å². The maximum absolute atomic E-state index is 13.5. The lowest BCUT2D eigenvalue weighted by atomic mass is 10.1. The lowest BCUT2D eigenvalue weighted by Crippen LogP contribution is -2.32. The number of halogens is 1. The highest BCUT2D eigenvalue weighted by Gasteiger charge is 2.05. The Labute approximate surface area is 112 Å². The van der Waals surface area contributed by atoms with Gasteiger partial charge in [-0.25, -0.2) is 4.39 Å². The van der Waals surface area contributed by atoms with Crippen molar-refractivity contribution >= 4 is 5.91 Å². The topological polar surface area (TPSA) is 64.9 Å². The molecule has 19 heavy (non-hydrogen) atoms. The first kappa shape index (κ1) is 15.1. The van der Waals surface area contributed by atoms with Crippen molar-refractivity contribution in [3.05, 3.63) is 35.1 Å². The van der Waals surface area contributed by atoms with Gasteiger partial charge in [0.25, 0.3) is 0 Å². The lowest BCUT2D eigenvalue weighted by Gasteiger charge is -2.09. The van der Waals surface area contributed by atoms with Crippen LogP contribution in [0.1, 0.15) is 31.4 Å². The number of rotatable bonds is 6. The van der Waals surface area contributed by atoms with Crippen molar-refractivity contribution in [1.82, 2.24) is 10.6 Å². The number of nitrogens with zero attached hydrogens (tertiary/aromatic N) is 1. The summed E-state index contributed by atoms with van der Waals surface area (Å²) >= 11 is 0. The maximum atomic E-state index is 13.5. The van der Waals surface area contributed by atoms with E-state index in [-0.39, 0.29) is 11.9 Å². The SMILES string of the molecule is CC(C)NC(=O)CCNCc1ccc(C#N)cc1F. The molecule has 1 amide bonds. The van der Waals surface area contributed by atoms with Gasteiger partial charge in [-0.05, 0) is 26.0 Å². The molecule has 0 aliphatic heterocycles. The van der Waals surface area contributed by atoms with Crippen LogP contribution in [0, 0.1) is 17.1 Å². The molecule has 0 aromatic heterocycles.